The average molecular weight is 562 g/mol. The lowest BCUT2D eigenvalue weighted by Crippen LogP contribution is -2.53. The number of hydrogen-bond acceptors (Lipinski definition) is 8. The minimum Gasteiger partial charge on any atom is -0.504 e. The molecule has 4 N–H and O–H groups in total. The number of aromatic hydroxyl groups is 2. The second-order valence-corrected chi connectivity index (χ2v) is 10.4. The number of rotatable bonds is 5. The summed E-state index contributed by atoms with van der Waals surface area (Å²) in [5.41, 5.74) is 0.509. The fraction of sp³-hybridized carbons (Fsp3) is 0.241. The third kappa shape index (κ3) is 3.75. The summed E-state index contributed by atoms with van der Waals surface area (Å²) in [5, 5.41) is 26.3. The molecule has 3 aromatic carbocycles. The number of carbonyl (C=O) groups is 4. The number of hydrogen-bond donors (Lipinski definition) is 4. The van der Waals surface area contributed by atoms with E-state index in [1.54, 1.807) is 31.2 Å². The molecule has 2 saturated heterocycles. The smallest absolute Gasteiger partial charge is 0.338 e. The fourth-order valence-corrected chi connectivity index (χ4v) is 6.29. The Morgan fingerprint density at radius 3 is 2.45 bits per heavy atom. The van der Waals surface area contributed by atoms with Crippen LogP contribution in [0.5, 0.6) is 11.5 Å². The summed E-state index contributed by atoms with van der Waals surface area (Å²) in [4.78, 5) is 54.9. The highest BCUT2D eigenvalue weighted by Gasteiger charge is 2.70. The summed E-state index contributed by atoms with van der Waals surface area (Å²) < 4.78 is 5.02. The number of fused-ring (bicyclic) bond motifs is 4. The first-order valence-electron chi connectivity index (χ1n) is 12.7. The van der Waals surface area contributed by atoms with Crippen molar-refractivity contribution in [2.45, 2.75) is 24.9 Å². The van der Waals surface area contributed by atoms with E-state index < -0.39 is 47.1 Å². The highest BCUT2D eigenvalue weighted by atomic mass is 35.5. The molecular weight excluding hydrogens is 538 g/mol. The molecule has 2 fully saturated rings. The highest BCUT2D eigenvalue weighted by Crippen LogP contribution is 2.54. The van der Waals surface area contributed by atoms with Gasteiger partial charge in [0.05, 0.1) is 29.7 Å². The molecule has 204 valence electrons. The molecule has 3 heterocycles. The molecule has 1 spiro atoms. The van der Waals surface area contributed by atoms with Crippen LogP contribution in [0.2, 0.25) is 5.02 Å². The largest absolute Gasteiger partial charge is 0.504 e. The van der Waals surface area contributed by atoms with Gasteiger partial charge in [-0.05, 0) is 73.5 Å². The molecule has 3 aliphatic rings. The summed E-state index contributed by atoms with van der Waals surface area (Å²) in [6.07, 6.45) is 0.175. The average Bonchev–Trinajstić information content (AvgIpc) is 3.50. The van der Waals surface area contributed by atoms with E-state index in [-0.39, 0.29) is 35.8 Å². The van der Waals surface area contributed by atoms with Gasteiger partial charge >= 0.3 is 5.97 Å². The van der Waals surface area contributed by atoms with Crippen molar-refractivity contribution in [3.8, 4) is 11.5 Å². The van der Waals surface area contributed by atoms with Crippen LogP contribution in [0.3, 0.4) is 0 Å². The van der Waals surface area contributed by atoms with Gasteiger partial charge < -0.3 is 20.3 Å². The second kappa shape index (κ2) is 9.35. The Morgan fingerprint density at radius 2 is 1.75 bits per heavy atom. The monoisotopic (exact) mass is 561 g/mol. The van der Waals surface area contributed by atoms with Crippen LogP contribution in [0, 0.1) is 11.8 Å². The van der Waals surface area contributed by atoms with Crippen LogP contribution in [0.15, 0.2) is 60.7 Å². The fourth-order valence-electron chi connectivity index (χ4n) is 6.11. The first-order valence-corrected chi connectivity index (χ1v) is 13.1. The van der Waals surface area contributed by atoms with Gasteiger partial charge in [-0.3, -0.25) is 19.7 Å². The van der Waals surface area contributed by atoms with Crippen LogP contribution < -0.4 is 15.5 Å². The van der Waals surface area contributed by atoms with Gasteiger partial charge in [0.15, 0.2) is 11.5 Å². The summed E-state index contributed by atoms with van der Waals surface area (Å²) in [6.45, 7) is 1.90. The van der Waals surface area contributed by atoms with Gasteiger partial charge in [0.1, 0.15) is 5.54 Å². The molecule has 3 aromatic rings. The van der Waals surface area contributed by atoms with Crippen molar-refractivity contribution in [1.29, 1.82) is 0 Å². The van der Waals surface area contributed by atoms with Gasteiger partial charge in [-0.1, -0.05) is 17.7 Å². The van der Waals surface area contributed by atoms with Crippen molar-refractivity contribution in [3.63, 3.8) is 0 Å². The normalized spacial score (nSPS) is 24.8. The lowest BCUT2D eigenvalue weighted by Gasteiger charge is -2.29. The van der Waals surface area contributed by atoms with E-state index in [9.17, 15) is 29.4 Å². The van der Waals surface area contributed by atoms with Crippen molar-refractivity contribution in [1.82, 2.24) is 5.32 Å². The number of imide groups is 1. The zero-order chi connectivity index (χ0) is 28.3. The van der Waals surface area contributed by atoms with E-state index in [0.717, 1.165) is 4.90 Å². The van der Waals surface area contributed by atoms with E-state index in [1.165, 1.54) is 36.4 Å². The molecule has 0 unspecified atom stereocenters. The van der Waals surface area contributed by atoms with Crippen LogP contribution in [0.25, 0.3) is 0 Å². The number of benzene rings is 3. The number of phenols is 2. The zero-order valence-electron chi connectivity index (χ0n) is 21.2. The van der Waals surface area contributed by atoms with Crippen LogP contribution >= 0.6 is 11.6 Å². The Labute approximate surface area is 233 Å². The summed E-state index contributed by atoms with van der Waals surface area (Å²) in [7, 11) is 0. The highest BCUT2D eigenvalue weighted by molar-refractivity contribution is 6.31. The van der Waals surface area contributed by atoms with Crippen LogP contribution in [-0.2, 0) is 31.1 Å². The number of amides is 3. The van der Waals surface area contributed by atoms with Crippen molar-refractivity contribution in [2.75, 3.05) is 16.8 Å². The molecule has 0 aromatic heterocycles. The van der Waals surface area contributed by atoms with E-state index >= 15 is 0 Å². The Balaban J connectivity index is 1.44. The quantitative estimate of drug-likeness (QED) is 0.211. The van der Waals surface area contributed by atoms with Crippen molar-refractivity contribution >= 4 is 46.7 Å². The number of halogens is 1. The molecule has 10 nitrogen and oxygen atoms in total. The van der Waals surface area contributed by atoms with Gasteiger partial charge in [-0.15, -0.1) is 0 Å². The van der Waals surface area contributed by atoms with Gasteiger partial charge in [0.25, 0.3) is 0 Å². The molecule has 11 heteroatoms. The minimum absolute atomic E-state index is 0.175. The maximum atomic E-state index is 14.1. The maximum absolute atomic E-state index is 14.1. The Kier molecular flexibility index (Phi) is 6.04. The number of nitrogens with one attached hydrogen (secondary N) is 2. The predicted octanol–water partition coefficient (Wildman–Crippen LogP) is 3.10. The van der Waals surface area contributed by atoms with E-state index in [1.807, 2.05) is 0 Å². The Morgan fingerprint density at radius 1 is 1.00 bits per heavy atom. The number of carbonyl (C=O) groups excluding carboxylic acids is 4. The van der Waals surface area contributed by atoms with Crippen molar-refractivity contribution < 1.29 is 34.1 Å². The molecule has 3 amide bonds. The third-order valence-corrected chi connectivity index (χ3v) is 8.04. The van der Waals surface area contributed by atoms with Gasteiger partial charge in [-0.25, -0.2) is 9.69 Å². The number of esters is 1. The molecule has 40 heavy (non-hydrogen) atoms. The van der Waals surface area contributed by atoms with Gasteiger partial charge in [0.2, 0.25) is 17.7 Å². The minimum atomic E-state index is -1.57. The Hall–Kier alpha value is -4.41. The summed E-state index contributed by atoms with van der Waals surface area (Å²) in [5.74, 6) is -4.72. The van der Waals surface area contributed by atoms with E-state index in [0.29, 0.717) is 21.8 Å². The molecule has 6 rings (SSSR count). The zero-order valence-corrected chi connectivity index (χ0v) is 21.9. The van der Waals surface area contributed by atoms with Crippen molar-refractivity contribution in [3.05, 3.63) is 82.4 Å². The third-order valence-electron chi connectivity index (χ3n) is 7.81. The Bertz CT molecular complexity index is 1590. The van der Waals surface area contributed by atoms with E-state index in [4.69, 9.17) is 16.3 Å². The topological polar surface area (TPSA) is 145 Å². The molecule has 0 aliphatic carbocycles. The number of nitrogens with zero attached hydrogens (tertiary/aromatic N) is 1. The number of anilines is 2. The maximum Gasteiger partial charge on any atom is 0.338 e. The lowest BCUT2D eigenvalue weighted by atomic mass is 9.76. The lowest BCUT2D eigenvalue weighted by molar-refractivity contribution is -0.130. The van der Waals surface area contributed by atoms with Gasteiger partial charge in [-0.2, -0.15) is 0 Å². The molecule has 0 radical (unpaired) electrons. The second-order valence-electron chi connectivity index (χ2n) is 10.0. The predicted molar refractivity (Wildman–Crippen MR) is 144 cm³/mol. The number of ether oxygens (including phenoxy) is 1. The number of phenolic OH excluding ortho intramolecular Hbond substituents is 2. The van der Waals surface area contributed by atoms with Crippen LogP contribution in [0.1, 0.15) is 28.4 Å². The first kappa shape index (κ1) is 25.8. The standard InChI is InChI=1S/C29H24ClN3O7/c1-2-40-27(38)15-4-7-17(8-5-15)33-25(36)23-20(11-14-3-10-21(34)22(35)12-14)32-29(24(23)26(33)37)18-13-16(30)6-9-19(18)31-28(29)39/h3-10,12-13,20,23-24,32,34-35H,2,11H2,1H3,(H,31,39)/t20-,23-,24-,29+/m0/s1. The first-order chi connectivity index (χ1) is 19.1. The SMILES string of the molecule is CCOC(=O)c1ccc(N2C(=O)[C@H]3[C@H](Cc4ccc(O)c(O)c4)N[C@@]4(C(=O)Nc5ccc(Cl)cc54)[C@@H]3C2=O)cc1. The summed E-state index contributed by atoms with van der Waals surface area (Å²) in [6, 6.07) is 14.5. The molecule has 4 atom stereocenters. The molecule has 3 aliphatic heterocycles. The van der Waals surface area contributed by atoms with E-state index in [2.05, 4.69) is 10.6 Å². The molecule has 0 saturated carbocycles. The van der Waals surface area contributed by atoms with Crippen LogP contribution in [0.4, 0.5) is 11.4 Å². The van der Waals surface area contributed by atoms with Crippen molar-refractivity contribution in [2.24, 2.45) is 11.8 Å². The molecule has 0 bridgehead atoms. The molecular formula is C29H24ClN3O7. The van der Waals surface area contributed by atoms with Crippen LogP contribution in [-0.4, -0.2) is 46.6 Å². The summed E-state index contributed by atoms with van der Waals surface area (Å²) >= 11 is 6.31. The van der Waals surface area contributed by atoms with Gasteiger partial charge in [0, 0.05) is 22.3 Å².